The number of nitrogens with zero attached hydrogens (tertiary/aromatic N) is 1. The molecule has 0 heterocycles. The second-order valence-electron chi connectivity index (χ2n) is 2.21. The van der Waals surface area contributed by atoms with Gasteiger partial charge in [-0.25, -0.2) is 0 Å². The van der Waals surface area contributed by atoms with Crippen LogP contribution in [0.5, 0.6) is 0 Å². The van der Waals surface area contributed by atoms with E-state index in [4.69, 9.17) is 14.0 Å². The minimum atomic E-state index is -2.72. The Balaban J connectivity index is 3.23. The molecule has 0 aliphatic carbocycles. The highest BCUT2D eigenvalue weighted by atomic mass is 15.1. The maximum absolute atomic E-state index is 7.28. The number of benzene rings is 1. The zero-order valence-electron chi connectivity index (χ0n) is 12.0. The molecule has 2 nitrogen and oxygen atoms in total. The van der Waals surface area contributed by atoms with Crippen LogP contribution in [0, 0.1) is 0 Å². The van der Waals surface area contributed by atoms with E-state index in [-0.39, 0.29) is 12.2 Å². The summed E-state index contributed by atoms with van der Waals surface area (Å²) in [6.45, 7) is -5.22. The van der Waals surface area contributed by atoms with E-state index in [1.54, 1.807) is 12.1 Å². The molecule has 1 aromatic rings. The minimum Gasteiger partial charge on any atom is -0.378 e. The van der Waals surface area contributed by atoms with Gasteiger partial charge in [-0.15, -0.1) is 0 Å². The van der Waals surface area contributed by atoms with Gasteiger partial charge in [-0.2, -0.15) is 0 Å². The van der Waals surface area contributed by atoms with Crippen LogP contribution in [0.1, 0.15) is 13.8 Å². The molecule has 60 valence electrons. The average Bonchev–Trinajstić information content (AvgIpc) is 2.13. The number of anilines is 1. The summed E-state index contributed by atoms with van der Waals surface area (Å²) in [5, 5.41) is 0. The predicted molar refractivity (Wildman–Crippen MR) is 48.7 cm³/mol. The Labute approximate surface area is 76.1 Å². The summed E-state index contributed by atoms with van der Waals surface area (Å²) in [7, 11) is 0. The number of hydrogen-bond acceptors (Lipinski definition) is 2. The Hall–Kier alpha value is -1.02. The van der Waals surface area contributed by atoms with E-state index in [2.05, 4.69) is 0 Å². The molecular formula is C9H14N2. The Bertz CT molecular complexity index is 370. The lowest BCUT2D eigenvalue weighted by Crippen LogP contribution is -2.09. The highest BCUT2D eigenvalue weighted by Crippen LogP contribution is 2.12. The first-order valence-corrected chi connectivity index (χ1v) is 3.25. The highest BCUT2D eigenvalue weighted by molar-refractivity contribution is 5.46. The standard InChI is InChI=1S/C9H14N2/c1-11(2)9-5-3-4-8(6-9)7-10/h3-6H,7,10H2,1-2H3/i1D3,2D3. The van der Waals surface area contributed by atoms with Crippen molar-refractivity contribution in [1.82, 2.24) is 0 Å². The molecule has 0 aromatic heterocycles. The van der Waals surface area contributed by atoms with Gasteiger partial charge in [0.15, 0.2) is 0 Å². The zero-order valence-corrected chi connectivity index (χ0v) is 6.04. The van der Waals surface area contributed by atoms with E-state index < -0.39 is 14.0 Å². The quantitative estimate of drug-likeness (QED) is 0.697. The summed E-state index contributed by atoms with van der Waals surface area (Å²) < 4.78 is 43.7. The van der Waals surface area contributed by atoms with Crippen molar-refractivity contribution >= 4 is 5.69 Å². The molecule has 0 radical (unpaired) electrons. The van der Waals surface area contributed by atoms with Crippen LogP contribution in [0.4, 0.5) is 5.69 Å². The first-order valence-electron chi connectivity index (χ1n) is 6.25. The van der Waals surface area contributed by atoms with Crippen molar-refractivity contribution in [2.24, 2.45) is 5.73 Å². The number of rotatable bonds is 2. The van der Waals surface area contributed by atoms with E-state index >= 15 is 0 Å². The molecule has 0 aliphatic rings. The van der Waals surface area contributed by atoms with E-state index in [0.717, 1.165) is 0 Å². The molecule has 0 atom stereocenters. The van der Waals surface area contributed by atoms with E-state index in [0.29, 0.717) is 10.5 Å². The summed E-state index contributed by atoms with van der Waals surface area (Å²) in [5.74, 6) is 0. The second kappa shape index (κ2) is 3.39. The smallest absolute Gasteiger partial charge is 0.0456 e. The lowest BCUT2D eigenvalue weighted by atomic mass is 10.2. The fraction of sp³-hybridized carbons (Fsp3) is 0.333. The monoisotopic (exact) mass is 156 g/mol. The van der Waals surface area contributed by atoms with Gasteiger partial charge in [-0.05, 0) is 17.7 Å². The topological polar surface area (TPSA) is 29.3 Å². The maximum atomic E-state index is 7.28. The van der Waals surface area contributed by atoms with Crippen LogP contribution in [0.15, 0.2) is 24.3 Å². The Kier molecular flexibility index (Phi) is 0.972. The first kappa shape index (κ1) is 3.15. The van der Waals surface area contributed by atoms with Gasteiger partial charge in [-0.1, -0.05) is 12.1 Å². The molecule has 2 heteroatoms. The Morgan fingerprint density at radius 3 is 3.00 bits per heavy atom. The second-order valence-corrected chi connectivity index (χ2v) is 2.21. The summed E-state index contributed by atoms with van der Waals surface area (Å²) in [6, 6.07) is 6.21. The van der Waals surface area contributed by atoms with E-state index in [1.807, 2.05) is 0 Å². The van der Waals surface area contributed by atoms with Gasteiger partial charge in [0.05, 0.1) is 0 Å². The maximum Gasteiger partial charge on any atom is 0.0456 e. The van der Waals surface area contributed by atoms with Gasteiger partial charge < -0.3 is 10.6 Å². The van der Waals surface area contributed by atoms with Crippen molar-refractivity contribution in [3.05, 3.63) is 29.8 Å². The fourth-order valence-electron chi connectivity index (χ4n) is 0.823. The lowest BCUT2D eigenvalue weighted by Gasteiger charge is -2.12. The fourth-order valence-corrected chi connectivity index (χ4v) is 0.823. The average molecular weight is 156 g/mol. The van der Waals surface area contributed by atoms with Crippen molar-refractivity contribution in [2.45, 2.75) is 6.54 Å². The third-order valence-electron chi connectivity index (χ3n) is 1.40. The Morgan fingerprint density at radius 2 is 2.36 bits per heavy atom. The normalized spacial score (nSPS) is 20.1. The minimum absolute atomic E-state index is 0.118. The summed E-state index contributed by atoms with van der Waals surface area (Å²) in [4.78, 5) is 0.444. The SMILES string of the molecule is [2H]C([2H])([2H])N(c1cccc(CN)c1)C([2H])([2H])[2H]. The van der Waals surface area contributed by atoms with Crippen LogP contribution in [-0.4, -0.2) is 14.0 Å². The van der Waals surface area contributed by atoms with Crippen LogP contribution < -0.4 is 10.6 Å². The van der Waals surface area contributed by atoms with Gasteiger partial charge >= 0.3 is 0 Å². The molecule has 11 heavy (non-hydrogen) atoms. The first-order chi connectivity index (χ1) is 7.66. The van der Waals surface area contributed by atoms with Crippen molar-refractivity contribution < 1.29 is 8.22 Å². The molecule has 0 saturated heterocycles. The van der Waals surface area contributed by atoms with Crippen molar-refractivity contribution in [3.8, 4) is 0 Å². The van der Waals surface area contributed by atoms with Gasteiger partial charge in [0.2, 0.25) is 0 Å². The van der Waals surface area contributed by atoms with Crippen molar-refractivity contribution in [2.75, 3.05) is 18.9 Å². The molecule has 0 aliphatic heterocycles. The molecule has 0 unspecified atom stereocenters. The molecule has 1 rings (SSSR count). The zero-order chi connectivity index (χ0) is 13.3. The van der Waals surface area contributed by atoms with Crippen LogP contribution in [0.2, 0.25) is 0 Å². The van der Waals surface area contributed by atoms with Gasteiger partial charge in [0.1, 0.15) is 0 Å². The third kappa shape index (κ3) is 1.95. The lowest BCUT2D eigenvalue weighted by molar-refractivity contribution is 1.06. The van der Waals surface area contributed by atoms with Gasteiger partial charge in [0, 0.05) is 34.4 Å². The molecule has 0 saturated carbocycles. The number of nitrogens with two attached hydrogens (primary N) is 1. The largest absolute Gasteiger partial charge is 0.378 e. The molecule has 1 aromatic carbocycles. The van der Waals surface area contributed by atoms with Crippen LogP contribution in [0.3, 0.4) is 0 Å². The van der Waals surface area contributed by atoms with Crippen LogP contribution in [-0.2, 0) is 6.54 Å². The van der Waals surface area contributed by atoms with Gasteiger partial charge in [0.25, 0.3) is 0 Å². The van der Waals surface area contributed by atoms with Crippen molar-refractivity contribution in [3.63, 3.8) is 0 Å². The molecule has 2 N–H and O–H groups in total. The van der Waals surface area contributed by atoms with Crippen molar-refractivity contribution in [1.29, 1.82) is 0 Å². The van der Waals surface area contributed by atoms with Crippen LogP contribution >= 0.6 is 0 Å². The third-order valence-corrected chi connectivity index (χ3v) is 1.40. The predicted octanol–water partition coefficient (Wildman–Crippen LogP) is 1.21. The van der Waals surface area contributed by atoms with E-state index in [1.165, 1.54) is 12.1 Å². The molecular weight excluding hydrogens is 136 g/mol. The summed E-state index contributed by atoms with van der Waals surface area (Å²) in [5.41, 5.74) is 6.24. The van der Waals surface area contributed by atoms with Gasteiger partial charge in [-0.3, -0.25) is 0 Å². The summed E-state index contributed by atoms with van der Waals surface area (Å²) >= 11 is 0. The molecule has 0 fully saturated rings. The number of hydrogen-bond donors (Lipinski definition) is 1. The van der Waals surface area contributed by atoms with Crippen LogP contribution in [0.25, 0.3) is 0 Å². The highest BCUT2D eigenvalue weighted by Gasteiger charge is 1.94. The Morgan fingerprint density at radius 1 is 1.55 bits per heavy atom. The molecule has 0 spiro atoms. The molecule has 0 bridgehead atoms. The van der Waals surface area contributed by atoms with E-state index in [9.17, 15) is 0 Å². The molecule has 0 amide bonds. The summed E-state index contributed by atoms with van der Waals surface area (Å²) in [6.07, 6.45) is 0.